The third-order valence-corrected chi connectivity index (χ3v) is 6.73. The average molecular weight is 407 g/mol. The van der Waals surface area contributed by atoms with Crippen LogP contribution >= 0.6 is 0 Å². The quantitative estimate of drug-likeness (QED) is 0.630. The number of benzene rings is 2. The first-order valence-corrected chi connectivity index (χ1v) is 10.2. The topological polar surface area (TPSA) is 73.4 Å². The standard InChI is InChI=1S/C18H20N2O4Se/c1-5-17-19-13-7-6-11(8-14(13)20-17)25(21)12-9-15(22-2)18(24-4)16(10-12)23-3/h6-10H,5H2,1-4H3,(H,19,20). The molecular weight excluding hydrogens is 387 g/mol. The SMILES string of the molecule is CCc1nc2ccc([Se](=O)c3cc(OC)c(OC)c(OC)c3)cc2[nH]1. The molecule has 0 aliphatic rings. The summed E-state index contributed by atoms with van der Waals surface area (Å²) in [7, 11) is 4.64. The molecule has 0 aliphatic carbocycles. The van der Waals surface area contributed by atoms with Crippen LogP contribution in [-0.4, -0.2) is 45.1 Å². The number of hydrogen-bond donors (Lipinski definition) is 1. The van der Waals surface area contributed by atoms with Gasteiger partial charge in [0.05, 0.1) is 0 Å². The molecule has 3 rings (SSSR count). The monoisotopic (exact) mass is 408 g/mol. The van der Waals surface area contributed by atoms with E-state index >= 15 is 0 Å². The molecule has 3 aromatic rings. The Kier molecular flexibility index (Phi) is 5.06. The summed E-state index contributed by atoms with van der Waals surface area (Å²) in [5.41, 5.74) is 1.77. The Morgan fingerprint density at radius 3 is 2.24 bits per heavy atom. The summed E-state index contributed by atoms with van der Waals surface area (Å²) in [5, 5.41) is 0. The second kappa shape index (κ2) is 7.25. The van der Waals surface area contributed by atoms with Gasteiger partial charge in [0.1, 0.15) is 0 Å². The van der Waals surface area contributed by atoms with Gasteiger partial charge in [-0.2, -0.15) is 0 Å². The predicted molar refractivity (Wildman–Crippen MR) is 97.3 cm³/mol. The van der Waals surface area contributed by atoms with Crippen molar-refractivity contribution < 1.29 is 18.0 Å². The number of imidazole rings is 1. The van der Waals surface area contributed by atoms with Crippen molar-refractivity contribution in [2.75, 3.05) is 21.3 Å². The minimum absolute atomic E-state index is 0.490. The van der Waals surface area contributed by atoms with Crippen molar-refractivity contribution in [1.82, 2.24) is 9.97 Å². The molecule has 0 fully saturated rings. The molecule has 1 heterocycles. The molecule has 2 aromatic carbocycles. The van der Waals surface area contributed by atoms with Crippen LogP contribution < -0.4 is 23.1 Å². The van der Waals surface area contributed by atoms with Gasteiger partial charge < -0.3 is 0 Å². The van der Waals surface area contributed by atoms with Crippen molar-refractivity contribution in [2.45, 2.75) is 13.3 Å². The Hall–Kier alpha value is -2.37. The number of methoxy groups -OCH3 is 3. The molecule has 1 unspecified atom stereocenters. The van der Waals surface area contributed by atoms with Crippen molar-refractivity contribution >= 4 is 33.8 Å². The van der Waals surface area contributed by atoms with Crippen LogP contribution in [0.3, 0.4) is 0 Å². The van der Waals surface area contributed by atoms with Crippen LogP contribution in [0.15, 0.2) is 30.3 Å². The van der Waals surface area contributed by atoms with Crippen LogP contribution in [0.2, 0.25) is 0 Å². The summed E-state index contributed by atoms with van der Waals surface area (Å²) in [6.45, 7) is 2.04. The van der Waals surface area contributed by atoms with Crippen molar-refractivity contribution in [3.63, 3.8) is 0 Å². The van der Waals surface area contributed by atoms with E-state index in [1.165, 1.54) is 0 Å². The molecule has 0 aliphatic heterocycles. The normalized spacial score (nSPS) is 12.2. The van der Waals surface area contributed by atoms with Crippen LogP contribution in [0.5, 0.6) is 17.2 Å². The van der Waals surface area contributed by atoms with Crippen LogP contribution in [0.1, 0.15) is 12.7 Å². The first-order valence-electron chi connectivity index (χ1n) is 7.81. The third-order valence-electron chi connectivity index (χ3n) is 3.90. The van der Waals surface area contributed by atoms with Crippen molar-refractivity contribution in [1.29, 1.82) is 0 Å². The molecule has 6 nitrogen and oxygen atoms in total. The first kappa shape index (κ1) is 17.5. The summed E-state index contributed by atoms with van der Waals surface area (Å²) >= 11 is -2.50. The number of aromatic nitrogens is 2. The van der Waals surface area contributed by atoms with Crippen molar-refractivity contribution in [3.8, 4) is 17.2 Å². The number of rotatable bonds is 6. The molecule has 0 saturated carbocycles. The molecule has 1 aromatic heterocycles. The Morgan fingerprint density at radius 2 is 1.68 bits per heavy atom. The summed E-state index contributed by atoms with van der Waals surface area (Å²) in [6.07, 6.45) is 0.827. The predicted octanol–water partition coefficient (Wildman–Crippen LogP) is 1.69. The summed E-state index contributed by atoms with van der Waals surface area (Å²) in [6, 6.07) is 9.15. The molecule has 0 radical (unpaired) electrons. The number of nitrogens with zero attached hydrogens (tertiary/aromatic N) is 1. The molecule has 0 saturated heterocycles. The van der Waals surface area contributed by atoms with Crippen LogP contribution in [0.25, 0.3) is 11.0 Å². The zero-order valence-electron chi connectivity index (χ0n) is 14.6. The Morgan fingerprint density at radius 1 is 1.00 bits per heavy atom. The van der Waals surface area contributed by atoms with Gasteiger partial charge in [0.15, 0.2) is 0 Å². The summed E-state index contributed by atoms with van der Waals surface area (Å²) in [5.74, 6) is 2.40. The van der Waals surface area contributed by atoms with E-state index in [1.54, 1.807) is 33.5 Å². The Balaban J connectivity index is 2.05. The summed E-state index contributed by atoms with van der Waals surface area (Å²) < 4.78 is 30.6. The molecular formula is C18H20N2O4Se. The van der Waals surface area contributed by atoms with E-state index in [0.717, 1.165) is 27.7 Å². The molecule has 1 N–H and O–H groups in total. The average Bonchev–Trinajstić information content (AvgIpc) is 3.08. The second-order valence-electron chi connectivity index (χ2n) is 5.35. The van der Waals surface area contributed by atoms with Crippen molar-refractivity contribution in [3.05, 3.63) is 36.2 Å². The maximum atomic E-state index is 13.1. The van der Waals surface area contributed by atoms with Crippen LogP contribution in [-0.2, 0) is 10.3 Å². The number of nitrogens with one attached hydrogen (secondary N) is 1. The summed E-state index contributed by atoms with van der Waals surface area (Å²) in [4.78, 5) is 7.74. The van der Waals surface area contributed by atoms with Crippen LogP contribution in [0, 0.1) is 0 Å². The Bertz CT molecular complexity index is 911. The zero-order chi connectivity index (χ0) is 18.0. The fourth-order valence-corrected chi connectivity index (χ4v) is 4.97. The van der Waals surface area contributed by atoms with E-state index in [9.17, 15) is 3.83 Å². The van der Waals surface area contributed by atoms with Gasteiger partial charge in [0.25, 0.3) is 0 Å². The minimum atomic E-state index is -2.50. The van der Waals surface area contributed by atoms with Gasteiger partial charge >= 0.3 is 150 Å². The molecule has 1 atom stereocenters. The zero-order valence-corrected chi connectivity index (χ0v) is 16.3. The number of fused-ring (bicyclic) bond motifs is 1. The molecule has 25 heavy (non-hydrogen) atoms. The van der Waals surface area contributed by atoms with E-state index in [1.807, 2.05) is 25.1 Å². The molecule has 7 heteroatoms. The van der Waals surface area contributed by atoms with Gasteiger partial charge in [-0.05, 0) is 0 Å². The Labute approximate surface area is 150 Å². The van der Waals surface area contributed by atoms with E-state index < -0.39 is 13.8 Å². The number of ether oxygens (including phenoxy) is 3. The maximum absolute atomic E-state index is 13.1. The van der Waals surface area contributed by atoms with E-state index in [0.29, 0.717) is 21.7 Å². The van der Waals surface area contributed by atoms with Gasteiger partial charge in [-0.1, -0.05) is 0 Å². The van der Waals surface area contributed by atoms with Gasteiger partial charge in [0.2, 0.25) is 0 Å². The van der Waals surface area contributed by atoms with Crippen LogP contribution in [0.4, 0.5) is 0 Å². The molecule has 0 amide bonds. The van der Waals surface area contributed by atoms with Gasteiger partial charge in [-0.25, -0.2) is 0 Å². The number of H-pyrrole nitrogens is 1. The van der Waals surface area contributed by atoms with E-state index in [-0.39, 0.29) is 0 Å². The van der Waals surface area contributed by atoms with Gasteiger partial charge in [-0.15, -0.1) is 0 Å². The van der Waals surface area contributed by atoms with E-state index in [4.69, 9.17) is 14.2 Å². The first-order chi connectivity index (χ1) is 12.1. The number of aromatic amines is 1. The second-order valence-corrected chi connectivity index (χ2v) is 8.45. The van der Waals surface area contributed by atoms with Crippen molar-refractivity contribution in [2.24, 2.45) is 0 Å². The number of hydrogen-bond acceptors (Lipinski definition) is 5. The fourth-order valence-electron chi connectivity index (χ4n) is 2.62. The number of aryl methyl sites for hydroxylation is 1. The molecule has 132 valence electrons. The molecule has 0 bridgehead atoms. The van der Waals surface area contributed by atoms with E-state index in [2.05, 4.69) is 9.97 Å². The van der Waals surface area contributed by atoms with Gasteiger partial charge in [-0.3, -0.25) is 0 Å². The fraction of sp³-hybridized carbons (Fsp3) is 0.278. The molecule has 0 spiro atoms. The van der Waals surface area contributed by atoms with Gasteiger partial charge in [0, 0.05) is 0 Å². The third kappa shape index (κ3) is 3.25.